The molecular formula is C15H20O3Si. The normalized spacial score (nSPS) is 11.6. The maximum atomic E-state index is 12.0. The van der Waals surface area contributed by atoms with Gasteiger partial charge in [0.2, 0.25) is 0 Å². The van der Waals surface area contributed by atoms with E-state index in [0.29, 0.717) is 5.56 Å². The fourth-order valence-electron chi connectivity index (χ4n) is 1.50. The molecular weight excluding hydrogens is 256 g/mol. The van der Waals surface area contributed by atoms with Gasteiger partial charge in [-0.25, -0.2) is 4.79 Å². The van der Waals surface area contributed by atoms with Gasteiger partial charge >= 0.3 is 5.97 Å². The van der Waals surface area contributed by atoms with Gasteiger partial charge in [0.25, 0.3) is 5.78 Å². The third kappa shape index (κ3) is 4.83. The van der Waals surface area contributed by atoms with Crippen LogP contribution in [0.1, 0.15) is 22.8 Å². The van der Waals surface area contributed by atoms with E-state index in [1.54, 1.807) is 19.1 Å². The van der Waals surface area contributed by atoms with Crippen LogP contribution in [0.4, 0.5) is 0 Å². The molecule has 0 bridgehead atoms. The Morgan fingerprint density at radius 1 is 1.21 bits per heavy atom. The van der Waals surface area contributed by atoms with Gasteiger partial charge in [0.05, 0.1) is 14.7 Å². The van der Waals surface area contributed by atoms with E-state index in [2.05, 4.69) is 25.3 Å². The Morgan fingerprint density at radius 3 is 2.42 bits per heavy atom. The van der Waals surface area contributed by atoms with Crippen molar-refractivity contribution in [3.63, 3.8) is 0 Å². The van der Waals surface area contributed by atoms with Crippen LogP contribution < -0.4 is 0 Å². The first-order valence-corrected chi connectivity index (χ1v) is 9.92. The lowest BCUT2D eigenvalue weighted by molar-refractivity contribution is -0.137. The second-order valence-corrected chi connectivity index (χ2v) is 10.4. The molecule has 19 heavy (non-hydrogen) atoms. The predicted molar refractivity (Wildman–Crippen MR) is 79.8 cm³/mol. The van der Waals surface area contributed by atoms with Crippen LogP contribution in [0.15, 0.2) is 30.0 Å². The Hall–Kier alpha value is -1.68. The summed E-state index contributed by atoms with van der Waals surface area (Å²) in [6.45, 7) is 8.51. The van der Waals surface area contributed by atoms with Crippen LogP contribution in [0.25, 0.3) is 6.08 Å². The minimum absolute atomic E-state index is 0.206. The number of carbonyl (C=O) groups excluding carboxylic acids is 2. The van der Waals surface area contributed by atoms with Crippen LogP contribution in [-0.4, -0.2) is 26.4 Å². The van der Waals surface area contributed by atoms with E-state index in [0.717, 1.165) is 5.56 Å². The maximum Gasteiger partial charge on any atom is 0.379 e. The van der Waals surface area contributed by atoms with Crippen LogP contribution in [0.3, 0.4) is 0 Å². The van der Waals surface area contributed by atoms with E-state index in [-0.39, 0.29) is 6.61 Å². The Labute approximate surface area is 115 Å². The molecule has 102 valence electrons. The number of esters is 1. The molecule has 0 heterocycles. The topological polar surface area (TPSA) is 43.4 Å². The van der Waals surface area contributed by atoms with Crippen molar-refractivity contribution in [2.45, 2.75) is 26.6 Å². The molecule has 1 rings (SSSR count). The van der Waals surface area contributed by atoms with Gasteiger partial charge in [-0.3, -0.25) is 4.79 Å². The minimum atomic E-state index is -1.35. The Morgan fingerprint density at radius 2 is 1.84 bits per heavy atom. The average molecular weight is 276 g/mol. The molecule has 0 aromatic heterocycles. The molecule has 0 amide bonds. The van der Waals surface area contributed by atoms with Crippen molar-refractivity contribution in [2.75, 3.05) is 6.61 Å². The van der Waals surface area contributed by atoms with Gasteiger partial charge in [0.1, 0.15) is 0 Å². The molecule has 0 spiro atoms. The highest BCUT2D eigenvalue weighted by atomic mass is 28.3. The smallest absolute Gasteiger partial charge is 0.379 e. The summed E-state index contributed by atoms with van der Waals surface area (Å²) in [4.78, 5) is 23.5. The monoisotopic (exact) mass is 276 g/mol. The van der Waals surface area contributed by atoms with Crippen molar-refractivity contribution in [1.82, 2.24) is 0 Å². The molecule has 0 saturated carbocycles. The molecule has 0 unspecified atom stereocenters. The van der Waals surface area contributed by atoms with Crippen molar-refractivity contribution in [1.29, 1.82) is 0 Å². The third-order valence-electron chi connectivity index (χ3n) is 2.43. The standard InChI is InChI=1S/C15H20O3Si/c1-5-18-15(17)14(16)13-9-7-6-8-12(13)10-11-19(2,3)4/h6-11H,5H2,1-4H3/b11-10+. The molecule has 0 radical (unpaired) electrons. The summed E-state index contributed by atoms with van der Waals surface area (Å²) in [5, 5.41) is 0. The number of hydrogen-bond donors (Lipinski definition) is 0. The van der Waals surface area contributed by atoms with E-state index < -0.39 is 19.8 Å². The van der Waals surface area contributed by atoms with Crippen molar-refractivity contribution in [2.24, 2.45) is 0 Å². The average Bonchev–Trinajstić information content (AvgIpc) is 2.35. The van der Waals surface area contributed by atoms with Crippen LogP contribution in [0.5, 0.6) is 0 Å². The second-order valence-electron chi connectivity index (χ2n) is 5.34. The van der Waals surface area contributed by atoms with Crippen molar-refractivity contribution >= 4 is 25.9 Å². The number of benzene rings is 1. The number of hydrogen-bond acceptors (Lipinski definition) is 3. The molecule has 0 atom stereocenters. The van der Waals surface area contributed by atoms with E-state index in [1.165, 1.54) is 0 Å². The Balaban J connectivity index is 3.06. The van der Waals surface area contributed by atoms with Crippen molar-refractivity contribution in [3.8, 4) is 0 Å². The lowest BCUT2D eigenvalue weighted by Crippen LogP contribution is -2.19. The lowest BCUT2D eigenvalue weighted by Gasteiger charge is -2.09. The molecule has 0 aliphatic rings. The highest BCUT2D eigenvalue weighted by Crippen LogP contribution is 2.14. The van der Waals surface area contributed by atoms with E-state index in [1.807, 2.05) is 18.2 Å². The summed E-state index contributed by atoms with van der Waals surface area (Å²) in [6, 6.07) is 7.09. The number of rotatable bonds is 5. The molecule has 0 fully saturated rings. The first kappa shape index (κ1) is 15.4. The van der Waals surface area contributed by atoms with Crippen molar-refractivity contribution < 1.29 is 14.3 Å². The SMILES string of the molecule is CCOC(=O)C(=O)c1ccccc1/C=C/[Si](C)(C)C. The lowest BCUT2D eigenvalue weighted by atomic mass is 10.0. The summed E-state index contributed by atoms with van der Waals surface area (Å²) < 4.78 is 4.75. The maximum absolute atomic E-state index is 12.0. The van der Waals surface area contributed by atoms with Crippen LogP contribution in [-0.2, 0) is 9.53 Å². The van der Waals surface area contributed by atoms with Crippen LogP contribution >= 0.6 is 0 Å². The number of ether oxygens (including phenoxy) is 1. The van der Waals surface area contributed by atoms with Gasteiger partial charge in [-0.2, -0.15) is 0 Å². The summed E-state index contributed by atoms with van der Waals surface area (Å²) in [5.41, 5.74) is 3.31. The second kappa shape index (κ2) is 6.47. The quantitative estimate of drug-likeness (QED) is 0.358. The molecule has 4 heteroatoms. The molecule has 0 N–H and O–H groups in total. The molecule has 1 aromatic rings. The minimum Gasteiger partial charge on any atom is -0.460 e. The summed E-state index contributed by atoms with van der Waals surface area (Å²) in [6.07, 6.45) is 1.93. The van der Waals surface area contributed by atoms with Gasteiger partial charge in [0.15, 0.2) is 0 Å². The molecule has 0 aliphatic heterocycles. The van der Waals surface area contributed by atoms with E-state index in [9.17, 15) is 9.59 Å². The van der Waals surface area contributed by atoms with Gasteiger partial charge in [-0.15, -0.1) is 0 Å². The van der Waals surface area contributed by atoms with Gasteiger partial charge in [-0.05, 0) is 12.5 Å². The molecule has 0 aliphatic carbocycles. The molecule has 1 aromatic carbocycles. The zero-order valence-corrected chi connectivity index (χ0v) is 12.9. The fraction of sp³-hybridized carbons (Fsp3) is 0.333. The number of ketones is 1. The third-order valence-corrected chi connectivity index (χ3v) is 3.60. The van der Waals surface area contributed by atoms with Gasteiger partial charge in [-0.1, -0.05) is 55.7 Å². The van der Waals surface area contributed by atoms with E-state index in [4.69, 9.17) is 4.74 Å². The van der Waals surface area contributed by atoms with Crippen molar-refractivity contribution in [3.05, 3.63) is 41.1 Å². The number of carbonyl (C=O) groups is 2. The van der Waals surface area contributed by atoms with Crippen LogP contribution in [0, 0.1) is 0 Å². The first-order valence-electron chi connectivity index (χ1n) is 6.35. The molecule has 3 nitrogen and oxygen atoms in total. The zero-order valence-electron chi connectivity index (χ0n) is 11.9. The van der Waals surface area contributed by atoms with Gasteiger partial charge < -0.3 is 4.74 Å². The summed E-state index contributed by atoms with van der Waals surface area (Å²) >= 11 is 0. The fourth-order valence-corrected chi connectivity index (χ4v) is 2.18. The summed E-state index contributed by atoms with van der Waals surface area (Å²) in [5.74, 6) is -1.38. The van der Waals surface area contributed by atoms with Gasteiger partial charge in [0, 0.05) is 5.56 Å². The predicted octanol–water partition coefficient (Wildman–Crippen LogP) is 3.32. The zero-order chi connectivity index (χ0) is 14.5. The first-order chi connectivity index (χ1) is 8.85. The highest BCUT2D eigenvalue weighted by Gasteiger charge is 2.19. The highest BCUT2D eigenvalue weighted by molar-refractivity contribution is 6.81. The summed E-state index contributed by atoms with van der Waals surface area (Å²) in [7, 11) is -1.35. The Kier molecular flexibility index (Phi) is 5.24. The van der Waals surface area contributed by atoms with Crippen LogP contribution in [0.2, 0.25) is 19.6 Å². The largest absolute Gasteiger partial charge is 0.460 e. The Bertz CT molecular complexity index is 498. The molecule has 0 saturated heterocycles. The number of Topliss-reactive ketones (excluding diaryl/α,β-unsaturated/α-hetero) is 1. The van der Waals surface area contributed by atoms with E-state index >= 15 is 0 Å².